The second kappa shape index (κ2) is 7.84. The molecule has 2 unspecified atom stereocenters. The summed E-state index contributed by atoms with van der Waals surface area (Å²) in [4.78, 5) is 26.7. The molecule has 114 valence electrons. The first kappa shape index (κ1) is 15.6. The van der Waals surface area contributed by atoms with E-state index in [1.165, 1.54) is 0 Å². The van der Waals surface area contributed by atoms with Crippen molar-refractivity contribution < 1.29 is 14.3 Å². The smallest absolute Gasteiger partial charge is 0.226 e. The third-order valence-electron chi connectivity index (χ3n) is 3.94. The van der Waals surface area contributed by atoms with E-state index in [1.807, 2.05) is 17.1 Å². The van der Waals surface area contributed by atoms with E-state index in [1.54, 1.807) is 6.92 Å². The van der Waals surface area contributed by atoms with Crippen LogP contribution in [0.3, 0.4) is 0 Å². The molecule has 0 radical (unpaired) electrons. The van der Waals surface area contributed by atoms with Gasteiger partial charge in [0.2, 0.25) is 11.8 Å². The number of carbonyl (C=O) groups excluding carboxylic acids is 2. The van der Waals surface area contributed by atoms with E-state index in [-0.39, 0.29) is 23.7 Å². The van der Waals surface area contributed by atoms with Gasteiger partial charge in [0.05, 0.1) is 31.6 Å². The van der Waals surface area contributed by atoms with Gasteiger partial charge in [-0.05, 0) is 19.8 Å². The summed E-state index contributed by atoms with van der Waals surface area (Å²) in [6, 6.07) is 0. The van der Waals surface area contributed by atoms with E-state index in [2.05, 4.69) is 17.2 Å². The van der Waals surface area contributed by atoms with Crippen LogP contribution in [-0.2, 0) is 14.3 Å². The van der Waals surface area contributed by atoms with Gasteiger partial charge in [-0.15, -0.1) is 5.92 Å². The minimum atomic E-state index is -0.288. The monoisotopic (exact) mass is 290 g/mol. The summed E-state index contributed by atoms with van der Waals surface area (Å²) in [6.45, 7) is 4.48. The highest BCUT2D eigenvalue weighted by molar-refractivity contribution is 5.88. The van der Waals surface area contributed by atoms with Gasteiger partial charge in [-0.2, -0.15) is 0 Å². The van der Waals surface area contributed by atoms with Crippen LogP contribution in [0.2, 0.25) is 0 Å². The van der Waals surface area contributed by atoms with E-state index in [4.69, 9.17) is 4.74 Å². The van der Waals surface area contributed by atoms with Gasteiger partial charge < -0.3 is 15.0 Å². The van der Waals surface area contributed by atoms with Crippen molar-refractivity contribution in [1.29, 1.82) is 0 Å². The molecule has 5 heteroatoms. The zero-order chi connectivity index (χ0) is 15.1. The molecule has 2 rings (SSSR count). The SMILES string of the molecule is CC#CCNC(=O)C1CC=CCC1C(=O)N1CCOCC1. The quantitative estimate of drug-likeness (QED) is 0.610. The van der Waals surface area contributed by atoms with E-state index < -0.39 is 0 Å². The summed E-state index contributed by atoms with van der Waals surface area (Å²) >= 11 is 0. The van der Waals surface area contributed by atoms with Gasteiger partial charge >= 0.3 is 0 Å². The summed E-state index contributed by atoms with van der Waals surface area (Å²) in [5, 5.41) is 2.80. The van der Waals surface area contributed by atoms with E-state index in [0.29, 0.717) is 45.7 Å². The number of rotatable bonds is 3. The average molecular weight is 290 g/mol. The lowest BCUT2D eigenvalue weighted by Gasteiger charge is -2.34. The number of allylic oxidation sites excluding steroid dienone is 2. The lowest BCUT2D eigenvalue weighted by atomic mass is 9.81. The van der Waals surface area contributed by atoms with Crippen LogP contribution >= 0.6 is 0 Å². The van der Waals surface area contributed by atoms with Crippen LogP contribution in [0.15, 0.2) is 12.2 Å². The van der Waals surface area contributed by atoms with Crippen LogP contribution in [-0.4, -0.2) is 49.6 Å². The molecule has 1 fully saturated rings. The van der Waals surface area contributed by atoms with Gasteiger partial charge in [-0.25, -0.2) is 0 Å². The zero-order valence-corrected chi connectivity index (χ0v) is 12.4. The van der Waals surface area contributed by atoms with Crippen molar-refractivity contribution in [3.8, 4) is 11.8 Å². The number of ether oxygens (including phenoxy) is 1. The first-order chi connectivity index (χ1) is 10.2. The van der Waals surface area contributed by atoms with Crippen molar-refractivity contribution >= 4 is 11.8 Å². The maximum Gasteiger partial charge on any atom is 0.226 e. The Kier molecular flexibility index (Phi) is 5.82. The molecule has 0 spiro atoms. The lowest BCUT2D eigenvalue weighted by molar-refractivity contribution is -0.145. The molecule has 2 aliphatic rings. The van der Waals surface area contributed by atoms with Crippen molar-refractivity contribution in [3.05, 3.63) is 12.2 Å². The van der Waals surface area contributed by atoms with Gasteiger partial charge in [0.1, 0.15) is 0 Å². The molecule has 0 bridgehead atoms. The zero-order valence-electron chi connectivity index (χ0n) is 12.4. The molecule has 1 N–H and O–H groups in total. The normalized spacial score (nSPS) is 24.9. The average Bonchev–Trinajstić information content (AvgIpc) is 2.55. The fraction of sp³-hybridized carbons (Fsp3) is 0.625. The number of nitrogens with one attached hydrogen (secondary N) is 1. The number of morpholine rings is 1. The van der Waals surface area contributed by atoms with E-state index in [0.717, 1.165) is 0 Å². The summed E-state index contributed by atoms with van der Waals surface area (Å²) in [5.41, 5.74) is 0. The van der Waals surface area contributed by atoms with Crippen molar-refractivity contribution in [2.45, 2.75) is 19.8 Å². The Morgan fingerprint density at radius 2 is 1.90 bits per heavy atom. The predicted octanol–water partition coefficient (Wildman–Crippen LogP) is 0.567. The standard InChI is InChI=1S/C16H22N2O3/c1-2-3-8-17-15(19)13-6-4-5-7-14(13)16(20)18-9-11-21-12-10-18/h4-5,13-14H,6-12H2,1H3,(H,17,19). The van der Waals surface area contributed by atoms with Gasteiger partial charge in [0.15, 0.2) is 0 Å². The van der Waals surface area contributed by atoms with Gasteiger partial charge in [0.25, 0.3) is 0 Å². The van der Waals surface area contributed by atoms with Crippen molar-refractivity contribution in [1.82, 2.24) is 10.2 Å². The highest BCUT2D eigenvalue weighted by Crippen LogP contribution is 2.28. The molecule has 0 aromatic carbocycles. The number of hydrogen-bond acceptors (Lipinski definition) is 3. The van der Waals surface area contributed by atoms with Gasteiger partial charge in [0, 0.05) is 13.1 Å². The summed E-state index contributed by atoms with van der Waals surface area (Å²) in [7, 11) is 0. The van der Waals surface area contributed by atoms with Crippen molar-refractivity contribution in [2.75, 3.05) is 32.8 Å². The Bertz CT molecular complexity index is 470. The van der Waals surface area contributed by atoms with Gasteiger partial charge in [-0.3, -0.25) is 9.59 Å². The first-order valence-electron chi connectivity index (χ1n) is 7.43. The molecular weight excluding hydrogens is 268 g/mol. The molecule has 0 saturated carbocycles. The largest absolute Gasteiger partial charge is 0.378 e. The topological polar surface area (TPSA) is 58.6 Å². The number of hydrogen-bond donors (Lipinski definition) is 1. The summed E-state index contributed by atoms with van der Waals surface area (Å²) in [6.07, 6.45) is 5.23. The highest BCUT2D eigenvalue weighted by Gasteiger charge is 2.36. The molecule has 1 aliphatic heterocycles. The van der Waals surface area contributed by atoms with Crippen molar-refractivity contribution in [3.63, 3.8) is 0 Å². The molecule has 2 atom stereocenters. The van der Waals surface area contributed by atoms with Crippen LogP contribution < -0.4 is 5.32 Å². The van der Waals surface area contributed by atoms with E-state index >= 15 is 0 Å². The van der Waals surface area contributed by atoms with Crippen molar-refractivity contribution in [2.24, 2.45) is 11.8 Å². The predicted molar refractivity (Wildman–Crippen MR) is 79.2 cm³/mol. The summed E-state index contributed by atoms with van der Waals surface area (Å²) in [5.74, 6) is 5.01. The first-order valence-corrected chi connectivity index (χ1v) is 7.43. The number of carbonyl (C=O) groups is 2. The molecule has 2 amide bonds. The van der Waals surface area contributed by atoms with Crippen LogP contribution in [0.5, 0.6) is 0 Å². The highest BCUT2D eigenvalue weighted by atomic mass is 16.5. The third kappa shape index (κ3) is 4.08. The van der Waals surface area contributed by atoms with Crippen LogP contribution in [0.1, 0.15) is 19.8 Å². The molecule has 21 heavy (non-hydrogen) atoms. The molecule has 1 heterocycles. The minimum absolute atomic E-state index is 0.0735. The second-order valence-electron chi connectivity index (χ2n) is 5.24. The Labute approximate surface area is 125 Å². The van der Waals surface area contributed by atoms with Crippen LogP contribution in [0.25, 0.3) is 0 Å². The molecule has 1 aliphatic carbocycles. The Balaban J connectivity index is 2.00. The fourth-order valence-corrected chi connectivity index (χ4v) is 2.75. The Morgan fingerprint density at radius 3 is 2.57 bits per heavy atom. The number of amides is 2. The molecule has 0 aromatic rings. The summed E-state index contributed by atoms with van der Waals surface area (Å²) < 4.78 is 5.27. The Morgan fingerprint density at radius 1 is 1.24 bits per heavy atom. The van der Waals surface area contributed by atoms with Crippen LogP contribution in [0, 0.1) is 23.7 Å². The van der Waals surface area contributed by atoms with E-state index in [9.17, 15) is 9.59 Å². The maximum atomic E-state index is 12.6. The lowest BCUT2D eigenvalue weighted by Crippen LogP contribution is -2.48. The maximum absolute atomic E-state index is 12.6. The number of nitrogens with zero attached hydrogens (tertiary/aromatic N) is 1. The fourth-order valence-electron chi connectivity index (χ4n) is 2.75. The second-order valence-corrected chi connectivity index (χ2v) is 5.24. The molecule has 0 aromatic heterocycles. The van der Waals surface area contributed by atoms with Crippen LogP contribution in [0.4, 0.5) is 0 Å². The Hall–Kier alpha value is -1.80. The molecular formula is C16H22N2O3. The third-order valence-corrected chi connectivity index (χ3v) is 3.94. The molecule has 5 nitrogen and oxygen atoms in total. The van der Waals surface area contributed by atoms with Gasteiger partial charge in [-0.1, -0.05) is 18.1 Å². The molecule has 1 saturated heterocycles. The minimum Gasteiger partial charge on any atom is -0.378 e.